The van der Waals surface area contributed by atoms with Gasteiger partial charge in [0.25, 0.3) is 5.91 Å². The number of nitrogens with zero attached hydrogens (tertiary/aromatic N) is 1. The number of carbonyl (C=O) groups excluding carboxylic acids is 1. The molecule has 0 spiro atoms. The molecule has 19 heavy (non-hydrogen) atoms. The Morgan fingerprint density at radius 3 is 2.74 bits per heavy atom. The van der Waals surface area contributed by atoms with Gasteiger partial charge < -0.3 is 5.32 Å². The van der Waals surface area contributed by atoms with E-state index in [-0.39, 0.29) is 11.8 Å². The SMILES string of the molecule is CC(CNC(=O)c1cc(Cl)ccn1)c1ccccc1. The Morgan fingerprint density at radius 1 is 1.32 bits per heavy atom. The summed E-state index contributed by atoms with van der Waals surface area (Å²) in [5.74, 6) is 0.0506. The number of halogens is 1. The first kappa shape index (κ1) is 13.6. The van der Waals surface area contributed by atoms with Gasteiger partial charge in [0.15, 0.2) is 0 Å². The third-order valence-corrected chi connectivity index (χ3v) is 3.13. The van der Waals surface area contributed by atoms with Gasteiger partial charge in [-0.15, -0.1) is 0 Å². The fraction of sp³-hybridized carbons (Fsp3) is 0.200. The standard InChI is InChI=1S/C15H15ClN2O/c1-11(12-5-3-2-4-6-12)10-18-15(19)14-9-13(16)7-8-17-14/h2-9,11H,10H2,1H3,(H,18,19). The molecule has 1 unspecified atom stereocenters. The molecule has 2 rings (SSSR count). The van der Waals surface area contributed by atoms with Crippen molar-refractivity contribution in [2.75, 3.05) is 6.54 Å². The lowest BCUT2D eigenvalue weighted by molar-refractivity contribution is 0.0946. The van der Waals surface area contributed by atoms with E-state index in [9.17, 15) is 4.79 Å². The quantitative estimate of drug-likeness (QED) is 0.930. The van der Waals surface area contributed by atoms with Gasteiger partial charge in [0.1, 0.15) is 5.69 Å². The third-order valence-electron chi connectivity index (χ3n) is 2.89. The monoisotopic (exact) mass is 274 g/mol. The summed E-state index contributed by atoms with van der Waals surface area (Å²) >= 11 is 5.83. The summed E-state index contributed by atoms with van der Waals surface area (Å²) in [6.45, 7) is 2.64. The molecule has 1 N–H and O–H groups in total. The molecule has 0 bridgehead atoms. The van der Waals surface area contributed by atoms with E-state index in [0.29, 0.717) is 17.3 Å². The van der Waals surface area contributed by atoms with Crippen LogP contribution >= 0.6 is 11.6 Å². The molecule has 0 radical (unpaired) electrons. The molecule has 2 aromatic rings. The largest absolute Gasteiger partial charge is 0.350 e. The van der Waals surface area contributed by atoms with E-state index >= 15 is 0 Å². The van der Waals surface area contributed by atoms with Crippen molar-refractivity contribution < 1.29 is 4.79 Å². The van der Waals surface area contributed by atoms with E-state index in [4.69, 9.17) is 11.6 Å². The lowest BCUT2D eigenvalue weighted by Crippen LogP contribution is -2.28. The first-order valence-electron chi connectivity index (χ1n) is 6.11. The van der Waals surface area contributed by atoms with Crippen LogP contribution in [0, 0.1) is 0 Å². The number of nitrogens with one attached hydrogen (secondary N) is 1. The highest BCUT2D eigenvalue weighted by atomic mass is 35.5. The first-order chi connectivity index (χ1) is 9.16. The molecule has 0 fully saturated rings. The second-order valence-corrected chi connectivity index (χ2v) is 4.82. The number of amides is 1. The van der Waals surface area contributed by atoms with Crippen LogP contribution in [0.1, 0.15) is 28.9 Å². The van der Waals surface area contributed by atoms with Gasteiger partial charge in [-0.1, -0.05) is 48.9 Å². The lowest BCUT2D eigenvalue weighted by atomic mass is 10.0. The van der Waals surface area contributed by atoms with Crippen LogP contribution in [0.3, 0.4) is 0 Å². The molecular weight excluding hydrogens is 260 g/mol. The van der Waals surface area contributed by atoms with Crippen LogP contribution in [-0.4, -0.2) is 17.4 Å². The average molecular weight is 275 g/mol. The minimum atomic E-state index is -0.203. The number of benzene rings is 1. The number of hydrogen-bond donors (Lipinski definition) is 1. The molecule has 3 nitrogen and oxygen atoms in total. The Kier molecular flexibility index (Phi) is 4.53. The van der Waals surface area contributed by atoms with Crippen molar-refractivity contribution in [3.05, 3.63) is 64.9 Å². The van der Waals surface area contributed by atoms with Crippen molar-refractivity contribution in [1.82, 2.24) is 10.3 Å². The highest BCUT2D eigenvalue weighted by molar-refractivity contribution is 6.30. The molecule has 1 aromatic heterocycles. The highest BCUT2D eigenvalue weighted by Crippen LogP contribution is 2.13. The summed E-state index contributed by atoms with van der Waals surface area (Å²) in [7, 11) is 0. The fourth-order valence-corrected chi connectivity index (χ4v) is 1.92. The van der Waals surface area contributed by atoms with Gasteiger partial charge in [0.05, 0.1) is 0 Å². The van der Waals surface area contributed by atoms with Crippen LogP contribution in [0.25, 0.3) is 0 Å². The number of rotatable bonds is 4. The molecule has 0 aliphatic carbocycles. The van der Waals surface area contributed by atoms with Crippen LogP contribution < -0.4 is 5.32 Å². The van der Waals surface area contributed by atoms with E-state index in [1.54, 1.807) is 12.1 Å². The van der Waals surface area contributed by atoms with E-state index < -0.39 is 0 Å². The topological polar surface area (TPSA) is 42.0 Å². The first-order valence-corrected chi connectivity index (χ1v) is 6.49. The molecule has 0 saturated carbocycles. The minimum Gasteiger partial charge on any atom is -0.350 e. The van der Waals surface area contributed by atoms with Crippen LogP contribution in [0.2, 0.25) is 5.02 Å². The predicted octanol–water partition coefficient (Wildman–Crippen LogP) is 3.27. The smallest absolute Gasteiger partial charge is 0.269 e. The van der Waals surface area contributed by atoms with Crippen LogP contribution in [0.4, 0.5) is 0 Å². The maximum atomic E-state index is 11.9. The van der Waals surface area contributed by atoms with E-state index in [2.05, 4.69) is 29.4 Å². The predicted molar refractivity (Wildman–Crippen MR) is 76.4 cm³/mol. The Labute approximate surface area is 117 Å². The molecule has 1 amide bonds. The third kappa shape index (κ3) is 3.80. The molecule has 0 aliphatic rings. The second kappa shape index (κ2) is 6.34. The molecule has 1 atom stereocenters. The Hall–Kier alpha value is -1.87. The molecule has 1 aromatic carbocycles. The zero-order chi connectivity index (χ0) is 13.7. The van der Waals surface area contributed by atoms with Gasteiger partial charge in [0, 0.05) is 17.8 Å². The number of hydrogen-bond acceptors (Lipinski definition) is 2. The van der Waals surface area contributed by atoms with Gasteiger partial charge in [-0.25, -0.2) is 0 Å². The van der Waals surface area contributed by atoms with E-state index in [0.717, 1.165) is 0 Å². The van der Waals surface area contributed by atoms with Crippen LogP contribution in [0.5, 0.6) is 0 Å². The minimum absolute atomic E-state index is 0.203. The van der Waals surface area contributed by atoms with Gasteiger partial charge >= 0.3 is 0 Å². The molecule has 0 saturated heterocycles. The summed E-state index contributed by atoms with van der Waals surface area (Å²) < 4.78 is 0. The Balaban J connectivity index is 1.94. The maximum Gasteiger partial charge on any atom is 0.269 e. The van der Waals surface area contributed by atoms with Crippen molar-refractivity contribution in [2.24, 2.45) is 0 Å². The maximum absolute atomic E-state index is 11.9. The van der Waals surface area contributed by atoms with Crippen molar-refractivity contribution >= 4 is 17.5 Å². The molecule has 98 valence electrons. The molecular formula is C15H15ClN2O. The summed E-state index contributed by atoms with van der Waals surface area (Å²) in [4.78, 5) is 15.9. The van der Waals surface area contributed by atoms with Crippen LogP contribution in [-0.2, 0) is 0 Å². The summed E-state index contributed by atoms with van der Waals surface area (Å²) in [5.41, 5.74) is 1.54. The number of aromatic nitrogens is 1. The highest BCUT2D eigenvalue weighted by Gasteiger charge is 2.10. The van der Waals surface area contributed by atoms with E-state index in [1.165, 1.54) is 11.8 Å². The van der Waals surface area contributed by atoms with E-state index in [1.807, 2.05) is 18.2 Å². The zero-order valence-electron chi connectivity index (χ0n) is 10.6. The fourth-order valence-electron chi connectivity index (χ4n) is 1.76. The summed E-state index contributed by atoms with van der Waals surface area (Å²) in [5, 5.41) is 3.37. The second-order valence-electron chi connectivity index (χ2n) is 4.38. The van der Waals surface area contributed by atoms with Gasteiger partial charge in [0.2, 0.25) is 0 Å². The van der Waals surface area contributed by atoms with Gasteiger partial charge in [-0.05, 0) is 23.6 Å². The molecule has 4 heteroatoms. The van der Waals surface area contributed by atoms with Gasteiger partial charge in [-0.2, -0.15) is 0 Å². The number of carbonyl (C=O) groups is 1. The Bertz CT molecular complexity index is 557. The molecule has 0 aliphatic heterocycles. The number of pyridine rings is 1. The van der Waals surface area contributed by atoms with Crippen molar-refractivity contribution in [1.29, 1.82) is 0 Å². The normalized spacial score (nSPS) is 11.9. The zero-order valence-corrected chi connectivity index (χ0v) is 11.4. The van der Waals surface area contributed by atoms with Crippen LogP contribution in [0.15, 0.2) is 48.7 Å². The molecule has 1 heterocycles. The summed E-state index contributed by atoms with van der Waals surface area (Å²) in [6, 6.07) is 13.3. The Morgan fingerprint density at radius 2 is 2.05 bits per heavy atom. The summed E-state index contributed by atoms with van der Waals surface area (Å²) in [6.07, 6.45) is 1.53. The van der Waals surface area contributed by atoms with Crippen molar-refractivity contribution in [3.8, 4) is 0 Å². The van der Waals surface area contributed by atoms with Crippen molar-refractivity contribution in [2.45, 2.75) is 12.8 Å². The van der Waals surface area contributed by atoms with Gasteiger partial charge in [-0.3, -0.25) is 9.78 Å². The van der Waals surface area contributed by atoms with Crippen molar-refractivity contribution in [3.63, 3.8) is 0 Å². The lowest BCUT2D eigenvalue weighted by Gasteiger charge is -2.12. The average Bonchev–Trinajstić information content (AvgIpc) is 2.45.